The zero-order valence-corrected chi connectivity index (χ0v) is 21.9. The third-order valence-corrected chi connectivity index (χ3v) is 7.22. The van der Waals surface area contributed by atoms with E-state index in [4.69, 9.17) is 23.8 Å². The molecule has 0 saturated carbocycles. The van der Waals surface area contributed by atoms with E-state index in [1.54, 1.807) is 41.1 Å². The Bertz CT molecular complexity index is 1620. The smallest absolute Gasteiger partial charge is 0.285 e. The topological polar surface area (TPSA) is 83.4 Å². The van der Waals surface area contributed by atoms with Gasteiger partial charge in [-0.1, -0.05) is 41.6 Å². The average molecular weight is 565 g/mol. The lowest BCUT2D eigenvalue weighted by Gasteiger charge is -2.15. The van der Waals surface area contributed by atoms with Gasteiger partial charge in [-0.3, -0.25) is 19.8 Å². The number of hydrogen-bond donors (Lipinski definition) is 2. The number of carbonyl (C=O) groups is 3. The van der Waals surface area contributed by atoms with Crippen LogP contribution in [0.5, 0.6) is 0 Å². The Labute approximate surface area is 231 Å². The van der Waals surface area contributed by atoms with E-state index in [1.165, 1.54) is 24.3 Å². The van der Waals surface area contributed by atoms with Crippen LogP contribution in [-0.2, 0) is 16.1 Å². The second-order valence-electron chi connectivity index (χ2n) is 8.25. The zero-order chi connectivity index (χ0) is 26.8. The van der Waals surface area contributed by atoms with Gasteiger partial charge in [0, 0.05) is 38.9 Å². The summed E-state index contributed by atoms with van der Waals surface area (Å²) in [4.78, 5) is 38.7. The maximum atomic E-state index is 13.2. The van der Waals surface area contributed by atoms with Gasteiger partial charge in [0.2, 0.25) is 5.91 Å². The van der Waals surface area contributed by atoms with Crippen molar-refractivity contribution in [2.45, 2.75) is 6.54 Å². The lowest BCUT2D eigenvalue weighted by molar-refractivity contribution is -0.123. The average Bonchev–Trinajstić information content (AvgIpc) is 3.37. The minimum Gasteiger partial charge on any atom is -0.337 e. The van der Waals surface area contributed by atoms with Gasteiger partial charge < -0.3 is 9.88 Å². The Morgan fingerprint density at radius 3 is 2.47 bits per heavy atom. The molecule has 38 heavy (non-hydrogen) atoms. The van der Waals surface area contributed by atoms with E-state index in [0.29, 0.717) is 26.7 Å². The van der Waals surface area contributed by atoms with E-state index < -0.39 is 11.8 Å². The summed E-state index contributed by atoms with van der Waals surface area (Å²) in [7, 11) is 0. The normalized spacial score (nSPS) is 14.4. The van der Waals surface area contributed by atoms with Crippen LogP contribution in [0.2, 0.25) is 5.02 Å². The number of halogens is 2. The van der Waals surface area contributed by atoms with Crippen LogP contribution < -0.4 is 10.7 Å². The molecule has 7 nitrogen and oxygen atoms in total. The minimum absolute atomic E-state index is 0.00381. The van der Waals surface area contributed by atoms with Crippen LogP contribution in [0.1, 0.15) is 15.9 Å². The van der Waals surface area contributed by atoms with Crippen LogP contribution in [0.4, 0.5) is 10.1 Å². The number of para-hydroxylation sites is 1. The zero-order valence-electron chi connectivity index (χ0n) is 19.5. The van der Waals surface area contributed by atoms with Gasteiger partial charge in [0.15, 0.2) is 4.32 Å². The Hall–Kier alpha value is -3.99. The molecule has 0 spiro atoms. The van der Waals surface area contributed by atoms with E-state index in [-0.39, 0.29) is 22.6 Å². The number of amides is 3. The van der Waals surface area contributed by atoms with Gasteiger partial charge in [0.1, 0.15) is 12.4 Å². The number of carbonyl (C=O) groups excluding carboxylic acids is 3. The number of nitrogens with zero attached hydrogens (tertiary/aromatic N) is 2. The molecule has 1 aliphatic rings. The highest BCUT2D eigenvalue weighted by molar-refractivity contribution is 8.26. The highest BCUT2D eigenvalue weighted by Gasteiger charge is 2.34. The lowest BCUT2D eigenvalue weighted by Crippen LogP contribution is -2.44. The van der Waals surface area contributed by atoms with Gasteiger partial charge in [-0.2, -0.15) is 5.01 Å². The van der Waals surface area contributed by atoms with E-state index in [0.717, 1.165) is 27.7 Å². The summed E-state index contributed by atoms with van der Waals surface area (Å²) in [6, 6.07) is 19.2. The Morgan fingerprint density at radius 1 is 1.03 bits per heavy atom. The molecule has 1 fully saturated rings. The molecule has 1 aromatic heterocycles. The largest absolute Gasteiger partial charge is 0.337 e. The first-order chi connectivity index (χ1) is 18.3. The SMILES string of the molecule is O=C(Cn1cc(/C=C2\SC(=S)N(NC(=O)c3ccc(Cl)cc3)C2=O)c2ccccc21)Nc1ccc(F)cc1. The number of rotatable bonds is 6. The molecule has 2 N–H and O–H groups in total. The second-order valence-corrected chi connectivity index (χ2v) is 10.4. The summed E-state index contributed by atoms with van der Waals surface area (Å²) in [5, 5.41) is 5.11. The molecule has 1 aliphatic heterocycles. The van der Waals surface area contributed by atoms with E-state index in [9.17, 15) is 18.8 Å². The van der Waals surface area contributed by atoms with Crippen LogP contribution in [-0.4, -0.2) is 31.6 Å². The molecule has 1 saturated heterocycles. The Kier molecular flexibility index (Phi) is 7.28. The summed E-state index contributed by atoms with van der Waals surface area (Å²) in [5.41, 5.74) is 4.85. The summed E-state index contributed by atoms with van der Waals surface area (Å²) >= 11 is 12.3. The molecule has 5 rings (SSSR count). The third-order valence-electron chi connectivity index (χ3n) is 5.66. The number of aromatic nitrogens is 1. The first kappa shape index (κ1) is 25.7. The second kappa shape index (κ2) is 10.8. The van der Waals surface area contributed by atoms with E-state index >= 15 is 0 Å². The van der Waals surface area contributed by atoms with Gasteiger partial charge >= 0.3 is 0 Å². The summed E-state index contributed by atoms with van der Waals surface area (Å²) in [5.74, 6) is -1.64. The molecule has 11 heteroatoms. The summed E-state index contributed by atoms with van der Waals surface area (Å²) in [6.07, 6.45) is 3.46. The van der Waals surface area contributed by atoms with Crippen molar-refractivity contribution < 1.29 is 18.8 Å². The lowest BCUT2D eigenvalue weighted by atomic mass is 10.1. The molecule has 0 atom stereocenters. The predicted molar refractivity (Wildman–Crippen MR) is 151 cm³/mol. The van der Waals surface area contributed by atoms with E-state index in [1.807, 2.05) is 24.3 Å². The van der Waals surface area contributed by atoms with Crippen LogP contribution in [0.25, 0.3) is 17.0 Å². The molecule has 3 aromatic carbocycles. The van der Waals surface area contributed by atoms with Crippen molar-refractivity contribution in [2.24, 2.45) is 0 Å². The maximum absolute atomic E-state index is 13.2. The Morgan fingerprint density at radius 2 is 1.74 bits per heavy atom. The number of fused-ring (bicyclic) bond motifs is 1. The van der Waals surface area contributed by atoms with E-state index in [2.05, 4.69) is 10.7 Å². The standard InChI is InChI=1S/C27H18ClFN4O3S2/c28-18-7-5-16(6-8-18)25(35)31-33-26(36)23(38-27(33)37)13-17-14-32(22-4-2-1-3-21(17)22)15-24(34)30-20-11-9-19(29)10-12-20/h1-14H,15H2,(H,30,34)(H,31,35)/b23-13-. The van der Waals surface area contributed by atoms with Crippen LogP contribution in [0.3, 0.4) is 0 Å². The third kappa shape index (κ3) is 5.47. The molecule has 190 valence electrons. The minimum atomic E-state index is -0.497. The highest BCUT2D eigenvalue weighted by Crippen LogP contribution is 2.33. The van der Waals surface area contributed by atoms with Crippen molar-refractivity contribution in [1.82, 2.24) is 15.0 Å². The van der Waals surface area contributed by atoms with Crippen molar-refractivity contribution in [3.63, 3.8) is 0 Å². The molecule has 3 amide bonds. The highest BCUT2D eigenvalue weighted by atomic mass is 35.5. The fraction of sp³-hybridized carbons (Fsp3) is 0.0370. The Balaban J connectivity index is 1.36. The van der Waals surface area contributed by atoms with Crippen molar-refractivity contribution in [3.05, 3.63) is 106 Å². The van der Waals surface area contributed by atoms with Gasteiger partial charge in [-0.15, -0.1) is 0 Å². The number of benzene rings is 3. The van der Waals surface area contributed by atoms with Crippen molar-refractivity contribution >= 4 is 80.3 Å². The molecule has 0 aliphatic carbocycles. The molecule has 0 radical (unpaired) electrons. The molecular formula is C27H18ClFN4O3S2. The predicted octanol–water partition coefficient (Wildman–Crippen LogP) is 5.62. The van der Waals surface area contributed by atoms with Crippen molar-refractivity contribution in [3.8, 4) is 0 Å². The van der Waals surface area contributed by atoms with Crippen molar-refractivity contribution in [2.75, 3.05) is 5.32 Å². The fourth-order valence-corrected chi connectivity index (χ4v) is 5.18. The van der Waals surface area contributed by atoms with Crippen molar-refractivity contribution in [1.29, 1.82) is 0 Å². The van der Waals surface area contributed by atoms with Gasteiger partial charge in [-0.25, -0.2) is 4.39 Å². The first-order valence-electron chi connectivity index (χ1n) is 11.3. The van der Waals surface area contributed by atoms with Gasteiger partial charge in [0.05, 0.1) is 4.91 Å². The summed E-state index contributed by atoms with van der Waals surface area (Å²) in [6.45, 7) is 0.00381. The number of nitrogens with one attached hydrogen (secondary N) is 2. The number of thiocarbonyl (C=S) groups is 1. The molecule has 0 unspecified atom stereocenters. The maximum Gasteiger partial charge on any atom is 0.285 e. The number of thioether (sulfide) groups is 1. The molecular weight excluding hydrogens is 547 g/mol. The molecule has 0 bridgehead atoms. The fourth-order valence-electron chi connectivity index (χ4n) is 3.88. The number of hydrogen-bond acceptors (Lipinski definition) is 5. The molecule has 4 aromatic rings. The van der Waals surface area contributed by atoms with Gasteiger partial charge in [0.25, 0.3) is 11.8 Å². The number of anilines is 1. The van der Waals surface area contributed by atoms with Gasteiger partial charge in [-0.05, 0) is 72.9 Å². The molecule has 2 heterocycles. The monoisotopic (exact) mass is 564 g/mol. The van der Waals surface area contributed by atoms with Crippen LogP contribution in [0, 0.1) is 5.82 Å². The number of hydrazine groups is 1. The van der Waals surface area contributed by atoms with Crippen LogP contribution >= 0.6 is 35.6 Å². The first-order valence-corrected chi connectivity index (χ1v) is 12.9. The summed E-state index contributed by atoms with van der Waals surface area (Å²) < 4.78 is 15.1. The van der Waals surface area contributed by atoms with Crippen LogP contribution in [0.15, 0.2) is 83.9 Å². The quantitative estimate of drug-likeness (QED) is 0.235.